The number of rotatable bonds is 4. The summed E-state index contributed by atoms with van der Waals surface area (Å²) in [7, 11) is 0. The molecule has 1 atom stereocenters. The number of anilines is 1. The van der Waals surface area contributed by atoms with Gasteiger partial charge in [0.15, 0.2) is 0 Å². The normalized spacial score (nSPS) is 12.4. The quantitative estimate of drug-likeness (QED) is 0.887. The molecule has 0 saturated heterocycles. The van der Waals surface area contributed by atoms with Crippen LogP contribution in [0.4, 0.5) is 5.82 Å². The number of nitrogens with one attached hydrogen (secondary N) is 2. The largest absolute Gasteiger partial charge is 0.466 e. The van der Waals surface area contributed by atoms with Crippen LogP contribution in [0.5, 0.6) is 0 Å². The van der Waals surface area contributed by atoms with Crippen molar-refractivity contribution in [3.63, 3.8) is 0 Å². The smallest absolute Gasteiger partial charge is 0.252 e. The Balaban J connectivity index is 2.23. The van der Waals surface area contributed by atoms with Crippen molar-refractivity contribution in [1.29, 1.82) is 0 Å². The van der Waals surface area contributed by atoms with Gasteiger partial charge in [0, 0.05) is 18.1 Å². The van der Waals surface area contributed by atoms with Gasteiger partial charge in [0.05, 0.1) is 6.04 Å². The summed E-state index contributed by atoms with van der Waals surface area (Å²) in [6, 6.07) is 3.51. The van der Waals surface area contributed by atoms with Crippen LogP contribution in [0, 0.1) is 13.8 Å². The fourth-order valence-electron chi connectivity index (χ4n) is 2.13. The predicted octanol–water partition coefficient (Wildman–Crippen LogP) is 2.72. The molecule has 0 amide bonds. The minimum Gasteiger partial charge on any atom is -0.466 e. The molecular weight excluding hydrogens is 242 g/mol. The lowest BCUT2D eigenvalue weighted by atomic mass is 10.1. The van der Waals surface area contributed by atoms with Crippen LogP contribution in [0.15, 0.2) is 21.3 Å². The van der Waals surface area contributed by atoms with Gasteiger partial charge in [0.2, 0.25) is 0 Å². The van der Waals surface area contributed by atoms with E-state index in [1.165, 1.54) is 6.07 Å². The van der Waals surface area contributed by atoms with Crippen LogP contribution in [0.1, 0.15) is 42.8 Å². The SMILES string of the molecule is CCc1nc(NC(C)c2cc(C)oc2C)cc(=O)[nH]1. The Labute approximate surface area is 112 Å². The number of aromatic amines is 1. The van der Waals surface area contributed by atoms with Gasteiger partial charge in [-0.2, -0.15) is 0 Å². The number of hydrogen-bond acceptors (Lipinski definition) is 4. The maximum Gasteiger partial charge on any atom is 0.252 e. The summed E-state index contributed by atoms with van der Waals surface area (Å²) in [5.41, 5.74) is 0.944. The molecule has 0 saturated carbocycles. The first-order valence-corrected chi connectivity index (χ1v) is 6.43. The second-order valence-electron chi connectivity index (χ2n) is 4.67. The van der Waals surface area contributed by atoms with Crippen LogP contribution in [0.3, 0.4) is 0 Å². The molecule has 2 rings (SSSR count). The zero-order valence-electron chi connectivity index (χ0n) is 11.7. The van der Waals surface area contributed by atoms with Crippen molar-refractivity contribution in [2.45, 2.75) is 40.2 Å². The Hall–Kier alpha value is -2.04. The summed E-state index contributed by atoms with van der Waals surface area (Å²) in [6.45, 7) is 7.83. The van der Waals surface area contributed by atoms with Gasteiger partial charge in [-0.3, -0.25) is 4.79 Å². The van der Waals surface area contributed by atoms with Crippen LogP contribution >= 0.6 is 0 Å². The van der Waals surface area contributed by atoms with Gasteiger partial charge in [0.25, 0.3) is 5.56 Å². The van der Waals surface area contributed by atoms with E-state index in [1.54, 1.807) is 0 Å². The lowest BCUT2D eigenvalue weighted by Crippen LogP contribution is -2.15. The molecule has 2 aromatic heterocycles. The van der Waals surface area contributed by atoms with E-state index in [4.69, 9.17) is 4.42 Å². The minimum absolute atomic E-state index is 0.0384. The molecule has 1 unspecified atom stereocenters. The Kier molecular flexibility index (Phi) is 3.74. The minimum atomic E-state index is -0.137. The number of aryl methyl sites for hydroxylation is 3. The van der Waals surface area contributed by atoms with Crippen LogP contribution in [0.2, 0.25) is 0 Å². The number of H-pyrrole nitrogens is 1. The van der Waals surface area contributed by atoms with Gasteiger partial charge in [-0.1, -0.05) is 6.92 Å². The number of aromatic nitrogens is 2. The van der Waals surface area contributed by atoms with E-state index in [-0.39, 0.29) is 11.6 Å². The van der Waals surface area contributed by atoms with Gasteiger partial charge >= 0.3 is 0 Å². The number of nitrogens with zero attached hydrogens (tertiary/aromatic N) is 1. The molecule has 0 spiro atoms. The fourth-order valence-corrected chi connectivity index (χ4v) is 2.13. The predicted molar refractivity (Wildman–Crippen MR) is 74.5 cm³/mol. The van der Waals surface area contributed by atoms with Crippen molar-refractivity contribution in [3.05, 3.63) is 45.4 Å². The second kappa shape index (κ2) is 5.30. The van der Waals surface area contributed by atoms with Crippen LogP contribution < -0.4 is 10.9 Å². The summed E-state index contributed by atoms with van der Waals surface area (Å²) >= 11 is 0. The van der Waals surface area contributed by atoms with Gasteiger partial charge in [-0.25, -0.2) is 4.98 Å². The van der Waals surface area contributed by atoms with E-state index in [2.05, 4.69) is 15.3 Å². The highest BCUT2D eigenvalue weighted by molar-refractivity contribution is 5.38. The molecular formula is C14H19N3O2. The van der Waals surface area contributed by atoms with Crippen LogP contribution in [-0.4, -0.2) is 9.97 Å². The number of hydrogen-bond donors (Lipinski definition) is 2. The average molecular weight is 261 g/mol. The Morgan fingerprint density at radius 3 is 2.74 bits per heavy atom. The summed E-state index contributed by atoms with van der Waals surface area (Å²) in [5.74, 6) is 3.04. The third-order valence-electron chi connectivity index (χ3n) is 3.04. The third-order valence-corrected chi connectivity index (χ3v) is 3.04. The molecule has 2 heterocycles. The molecule has 0 aromatic carbocycles. The standard InChI is InChI=1S/C14H19N3O2/c1-5-12-16-13(7-14(18)17-12)15-9(3)11-6-8(2)19-10(11)4/h6-7,9H,5H2,1-4H3,(H2,15,16,17,18). The third kappa shape index (κ3) is 3.05. The molecule has 19 heavy (non-hydrogen) atoms. The molecule has 0 bridgehead atoms. The van der Waals surface area contributed by atoms with Crippen LogP contribution in [0.25, 0.3) is 0 Å². The maximum absolute atomic E-state index is 11.5. The zero-order valence-corrected chi connectivity index (χ0v) is 11.7. The van der Waals surface area contributed by atoms with E-state index in [9.17, 15) is 4.79 Å². The highest BCUT2D eigenvalue weighted by Gasteiger charge is 2.13. The van der Waals surface area contributed by atoms with E-state index >= 15 is 0 Å². The Morgan fingerprint density at radius 2 is 2.16 bits per heavy atom. The lowest BCUT2D eigenvalue weighted by molar-refractivity contribution is 0.499. The van der Waals surface area contributed by atoms with Crippen molar-refractivity contribution in [3.8, 4) is 0 Å². The molecule has 0 aliphatic carbocycles. The van der Waals surface area contributed by atoms with Crippen molar-refractivity contribution < 1.29 is 4.42 Å². The molecule has 0 aliphatic heterocycles. The van der Waals surface area contributed by atoms with Gasteiger partial charge in [-0.05, 0) is 26.8 Å². The lowest BCUT2D eigenvalue weighted by Gasteiger charge is -2.14. The van der Waals surface area contributed by atoms with Gasteiger partial charge in [0.1, 0.15) is 23.2 Å². The van der Waals surface area contributed by atoms with Gasteiger partial charge in [-0.15, -0.1) is 0 Å². The van der Waals surface area contributed by atoms with E-state index in [0.29, 0.717) is 18.1 Å². The first-order chi connectivity index (χ1) is 8.99. The fraction of sp³-hybridized carbons (Fsp3) is 0.429. The molecule has 2 N–H and O–H groups in total. The van der Waals surface area contributed by atoms with Crippen molar-refractivity contribution in [1.82, 2.24) is 9.97 Å². The van der Waals surface area contributed by atoms with Gasteiger partial charge < -0.3 is 14.7 Å². The number of furan rings is 1. The molecule has 5 heteroatoms. The Morgan fingerprint density at radius 1 is 1.42 bits per heavy atom. The topological polar surface area (TPSA) is 70.9 Å². The molecule has 102 valence electrons. The van der Waals surface area contributed by atoms with E-state index in [1.807, 2.05) is 33.8 Å². The van der Waals surface area contributed by atoms with Crippen molar-refractivity contribution in [2.75, 3.05) is 5.32 Å². The van der Waals surface area contributed by atoms with Crippen molar-refractivity contribution >= 4 is 5.82 Å². The molecule has 2 aromatic rings. The maximum atomic E-state index is 11.5. The molecule has 5 nitrogen and oxygen atoms in total. The van der Waals surface area contributed by atoms with Crippen LogP contribution in [-0.2, 0) is 6.42 Å². The highest BCUT2D eigenvalue weighted by atomic mass is 16.3. The molecule has 0 fully saturated rings. The Bertz CT molecular complexity index is 628. The molecule has 0 aliphatic rings. The summed E-state index contributed by atoms with van der Waals surface area (Å²) in [4.78, 5) is 18.6. The second-order valence-corrected chi connectivity index (χ2v) is 4.67. The first-order valence-electron chi connectivity index (χ1n) is 6.43. The summed E-state index contributed by atoms with van der Waals surface area (Å²) < 4.78 is 5.51. The first kappa shape index (κ1) is 13.4. The van der Waals surface area contributed by atoms with E-state index < -0.39 is 0 Å². The monoisotopic (exact) mass is 261 g/mol. The highest BCUT2D eigenvalue weighted by Crippen LogP contribution is 2.23. The summed E-state index contributed by atoms with van der Waals surface area (Å²) in [6.07, 6.45) is 0.697. The zero-order chi connectivity index (χ0) is 14.0. The summed E-state index contributed by atoms with van der Waals surface area (Å²) in [5, 5.41) is 3.24. The van der Waals surface area contributed by atoms with E-state index in [0.717, 1.165) is 17.1 Å². The average Bonchev–Trinajstić information content (AvgIpc) is 2.67. The molecule has 0 radical (unpaired) electrons. The van der Waals surface area contributed by atoms with Crippen molar-refractivity contribution in [2.24, 2.45) is 0 Å².